The molecule has 7 heteroatoms. The predicted molar refractivity (Wildman–Crippen MR) is 113 cm³/mol. The van der Waals surface area contributed by atoms with E-state index in [0.29, 0.717) is 22.4 Å². The molecule has 7 rings (SSSR count). The molecule has 2 amide bonds. The number of anilines is 1. The zero-order valence-electron chi connectivity index (χ0n) is 16.5. The summed E-state index contributed by atoms with van der Waals surface area (Å²) in [6.07, 6.45) is 5.38. The fourth-order valence-corrected chi connectivity index (χ4v) is 6.36. The number of carbonyl (C=O) groups is 4. The van der Waals surface area contributed by atoms with Gasteiger partial charge >= 0.3 is 5.97 Å². The first-order chi connectivity index (χ1) is 15.0. The molecule has 0 spiro atoms. The lowest BCUT2D eigenvalue weighted by molar-refractivity contribution is -0.124. The van der Waals surface area contributed by atoms with E-state index in [1.807, 2.05) is 0 Å². The van der Waals surface area contributed by atoms with Crippen molar-refractivity contribution in [2.45, 2.75) is 6.42 Å². The van der Waals surface area contributed by atoms with Crippen LogP contribution in [0.25, 0.3) is 0 Å². The average molecular weight is 433 g/mol. The first kappa shape index (κ1) is 18.7. The van der Waals surface area contributed by atoms with Gasteiger partial charge in [-0.2, -0.15) is 0 Å². The molecule has 2 aromatic rings. The highest BCUT2D eigenvalue weighted by Crippen LogP contribution is 2.65. The van der Waals surface area contributed by atoms with E-state index in [1.54, 1.807) is 35.7 Å². The molecule has 2 bridgehead atoms. The number of ketones is 1. The summed E-state index contributed by atoms with van der Waals surface area (Å²) in [5.41, 5.74) is 0.590. The van der Waals surface area contributed by atoms with Gasteiger partial charge in [0.25, 0.3) is 0 Å². The lowest BCUT2D eigenvalue weighted by Crippen LogP contribution is -2.40. The Morgan fingerprint density at radius 3 is 2.35 bits per heavy atom. The maximum atomic E-state index is 13.2. The van der Waals surface area contributed by atoms with Gasteiger partial charge in [-0.3, -0.25) is 14.4 Å². The van der Waals surface area contributed by atoms with Crippen LogP contribution in [0.2, 0.25) is 0 Å². The number of Topliss-reactive ketones (excluding diaryl/α,β-unsaturated/α-hetero) is 1. The highest BCUT2D eigenvalue weighted by atomic mass is 32.1. The Kier molecular flexibility index (Phi) is 4.05. The Labute approximate surface area is 182 Å². The molecule has 1 aromatic heterocycles. The van der Waals surface area contributed by atoms with Crippen molar-refractivity contribution < 1.29 is 23.9 Å². The maximum Gasteiger partial charge on any atom is 0.338 e. The molecular weight excluding hydrogens is 414 g/mol. The van der Waals surface area contributed by atoms with Crippen LogP contribution in [-0.2, 0) is 14.3 Å². The average Bonchev–Trinajstić information content (AvgIpc) is 3.35. The molecule has 1 aromatic carbocycles. The number of thiophene rings is 1. The zero-order chi connectivity index (χ0) is 21.3. The summed E-state index contributed by atoms with van der Waals surface area (Å²) < 4.78 is 5.16. The van der Waals surface area contributed by atoms with Crippen LogP contribution < -0.4 is 4.90 Å². The number of benzene rings is 1. The minimum atomic E-state index is -0.661. The van der Waals surface area contributed by atoms with Gasteiger partial charge in [0.2, 0.25) is 17.6 Å². The van der Waals surface area contributed by atoms with E-state index < -0.39 is 5.97 Å². The second kappa shape index (κ2) is 6.72. The molecule has 4 aliphatic carbocycles. The normalized spacial score (nSPS) is 32.1. The summed E-state index contributed by atoms with van der Waals surface area (Å²) in [5, 5.41) is 1.78. The van der Waals surface area contributed by atoms with E-state index in [2.05, 4.69) is 12.2 Å². The molecule has 3 fully saturated rings. The third-order valence-electron chi connectivity index (χ3n) is 7.13. The van der Waals surface area contributed by atoms with Gasteiger partial charge in [0.1, 0.15) is 0 Å². The molecule has 6 unspecified atom stereocenters. The number of nitrogens with zero attached hydrogens (tertiary/aromatic N) is 1. The Morgan fingerprint density at radius 1 is 1.00 bits per heavy atom. The number of hydrogen-bond acceptors (Lipinski definition) is 6. The maximum absolute atomic E-state index is 13.2. The van der Waals surface area contributed by atoms with Gasteiger partial charge in [-0.25, -0.2) is 9.69 Å². The second-order valence-corrected chi connectivity index (χ2v) is 9.64. The Bertz CT molecular complexity index is 1120. The van der Waals surface area contributed by atoms with Crippen LogP contribution in [0.3, 0.4) is 0 Å². The Morgan fingerprint density at radius 2 is 1.71 bits per heavy atom. The lowest BCUT2D eigenvalue weighted by atomic mass is 9.63. The second-order valence-electron chi connectivity index (χ2n) is 8.69. The van der Waals surface area contributed by atoms with Crippen molar-refractivity contribution >= 4 is 40.6 Å². The molecule has 6 atom stereocenters. The van der Waals surface area contributed by atoms with Crippen molar-refractivity contribution in [2.75, 3.05) is 11.5 Å². The van der Waals surface area contributed by atoms with Gasteiger partial charge in [-0.1, -0.05) is 24.3 Å². The Hall–Kier alpha value is -3.06. The number of imide groups is 1. The highest BCUT2D eigenvalue weighted by molar-refractivity contribution is 7.12. The number of amides is 2. The lowest BCUT2D eigenvalue weighted by Gasteiger charge is -2.37. The van der Waals surface area contributed by atoms with Crippen molar-refractivity contribution in [3.63, 3.8) is 0 Å². The third-order valence-corrected chi connectivity index (χ3v) is 8.04. The smallest absolute Gasteiger partial charge is 0.338 e. The number of ether oxygens (including phenoxy) is 1. The van der Waals surface area contributed by atoms with Crippen LogP contribution in [0.15, 0.2) is 53.9 Å². The van der Waals surface area contributed by atoms with E-state index in [9.17, 15) is 19.2 Å². The summed E-state index contributed by atoms with van der Waals surface area (Å²) >= 11 is 1.29. The largest absolute Gasteiger partial charge is 0.454 e. The molecular formula is C24H19NO5S. The molecule has 6 nitrogen and oxygen atoms in total. The van der Waals surface area contributed by atoms with Crippen molar-refractivity contribution in [1.29, 1.82) is 0 Å². The molecule has 5 aliphatic rings. The fraction of sp³-hybridized carbons (Fsp3) is 0.333. The molecule has 156 valence electrons. The van der Waals surface area contributed by atoms with E-state index in [-0.39, 0.29) is 53.4 Å². The van der Waals surface area contributed by atoms with Crippen LogP contribution >= 0.6 is 11.3 Å². The molecule has 2 saturated carbocycles. The molecule has 2 heterocycles. The van der Waals surface area contributed by atoms with Crippen molar-refractivity contribution in [2.24, 2.45) is 35.5 Å². The molecule has 1 aliphatic heterocycles. The van der Waals surface area contributed by atoms with E-state index in [4.69, 9.17) is 4.74 Å². The van der Waals surface area contributed by atoms with Crippen LogP contribution in [0.5, 0.6) is 0 Å². The molecule has 1 saturated heterocycles. The number of allylic oxidation sites excluding steroid dienone is 2. The fourth-order valence-electron chi connectivity index (χ4n) is 5.71. The quantitative estimate of drug-likeness (QED) is 0.313. The van der Waals surface area contributed by atoms with Gasteiger partial charge in [0.05, 0.1) is 28.0 Å². The van der Waals surface area contributed by atoms with Gasteiger partial charge in [0.15, 0.2) is 6.61 Å². The number of hydrogen-bond donors (Lipinski definition) is 0. The third kappa shape index (κ3) is 2.76. The Balaban J connectivity index is 1.21. The van der Waals surface area contributed by atoms with E-state index in [0.717, 1.165) is 6.42 Å². The topological polar surface area (TPSA) is 80.8 Å². The number of carbonyl (C=O) groups excluding carboxylic acids is 4. The van der Waals surface area contributed by atoms with Crippen LogP contribution in [-0.4, -0.2) is 30.2 Å². The summed E-state index contributed by atoms with van der Waals surface area (Å²) in [6, 6.07) is 9.78. The number of esters is 1. The van der Waals surface area contributed by atoms with Crippen molar-refractivity contribution in [3.05, 3.63) is 64.4 Å². The van der Waals surface area contributed by atoms with Crippen molar-refractivity contribution in [1.82, 2.24) is 0 Å². The molecule has 31 heavy (non-hydrogen) atoms. The zero-order valence-corrected chi connectivity index (χ0v) is 17.3. The summed E-state index contributed by atoms with van der Waals surface area (Å²) in [7, 11) is 0. The summed E-state index contributed by atoms with van der Waals surface area (Å²) in [4.78, 5) is 52.8. The standard InChI is InChI=1S/C24H19NO5S/c26-18(19-5-2-8-31-19)11-30-24(29)12-3-1-4-13(9-12)25-22(27)20-14-6-7-15(17-10-16(14)17)21(20)23(25)28/h1-9,14-17,20-21H,10-11H2. The minimum absolute atomic E-state index is 0.151. The van der Waals surface area contributed by atoms with Gasteiger partial charge in [-0.05, 0) is 59.7 Å². The van der Waals surface area contributed by atoms with Gasteiger partial charge in [0, 0.05) is 0 Å². The van der Waals surface area contributed by atoms with E-state index >= 15 is 0 Å². The summed E-state index contributed by atoms with van der Waals surface area (Å²) in [6.45, 7) is -0.354. The first-order valence-electron chi connectivity index (χ1n) is 10.4. The van der Waals surface area contributed by atoms with Gasteiger partial charge in [-0.15, -0.1) is 11.3 Å². The van der Waals surface area contributed by atoms with Gasteiger partial charge < -0.3 is 4.74 Å². The minimum Gasteiger partial charge on any atom is -0.454 e. The van der Waals surface area contributed by atoms with E-state index in [1.165, 1.54) is 22.3 Å². The van der Waals surface area contributed by atoms with Crippen LogP contribution in [0, 0.1) is 35.5 Å². The monoisotopic (exact) mass is 433 g/mol. The molecule has 0 radical (unpaired) electrons. The number of rotatable bonds is 5. The first-order valence-corrected chi connectivity index (χ1v) is 11.3. The van der Waals surface area contributed by atoms with Crippen LogP contribution in [0.4, 0.5) is 5.69 Å². The van der Waals surface area contributed by atoms with Crippen molar-refractivity contribution in [3.8, 4) is 0 Å². The molecule has 0 N–H and O–H groups in total. The summed E-state index contributed by atoms with van der Waals surface area (Å²) in [5.74, 6) is -0.464. The highest BCUT2D eigenvalue weighted by Gasteiger charge is 2.67. The SMILES string of the molecule is O=C(OCC(=O)c1cccs1)c1cccc(N2C(=O)C3C4C=CC(C5CC45)C3C2=O)c1. The van der Waals surface area contributed by atoms with Crippen LogP contribution in [0.1, 0.15) is 26.5 Å². The predicted octanol–water partition coefficient (Wildman–Crippen LogP) is 3.35.